The maximum absolute atomic E-state index is 6.02. The Morgan fingerprint density at radius 3 is 2.73 bits per heavy atom. The molecule has 0 saturated carbocycles. The van der Waals surface area contributed by atoms with Gasteiger partial charge in [-0.3, -0.25) is 0 Å². The number of aryl methyl sites for hydroxylation is 1. The molecule has 0 bridgehead atoms. The van der Waals surface area contributed by atoms with Crippen LogP contribution in [0.4, 0.5) is 0 Å². The minimum atomic E-state index is 0.536. The van der Waals surface area contributed by atoms with Crippen LogP contribution in [0.15, 0.2) is 25.1 Å². The SMILES string of the molecule is C=C/C(=C\N(C)C)c1nc(C)ncc1Cl. The first kappa shape index (κ1) is 11.7. The van der Waals surface area contributed by atoms with Gasteiger partial charge in [0, 0.05) is 32.1 Å². The molecule has 0 amide bonds. The molecule has 1 heterocycles. The monoisotopic (exact) mass is 223 g/mol. The van der Waals surface area contributed by atoms with E-state index in [9.17, 15) is 0 Å². The molecule has 1 rings (SSSR count). The highest BCUT2D eigenvalue weighted by Gasteiger charge is 2.06. The largest absolute Gasteiger partial charge is 0.383 e. The van der Waals surface area contributed by atoms with Gasteiger partial charge < -0.3 is 4.90 Å². The molecule has 4 heteroatoms. The number of hydrogen-bond donors (Lipinski definition) is 0. The Morgan fingerprint density at radius 2 is 2.20 bits per heavy atom. The van der Waals surface area contributed by atoms with Crippen molar-refractivity contribution >= 4 is 17.2 Å². The van der Waals surface area contributed by atoms with Crippen LogP contribution in [0.25, 0.3) is 5.57 Å². The first-order chi connectivity index (χ1) is 7.04. The summed E-state index contributed by atoms with van der Waals surface area (Å²) in [6.45, 7) is 5.58. The fourth-order valence-electron chi connectivity index (χ4n) is 1.15. The lowest BCUT2D eigenvalue weighted by atomic mass is 10.2. The Bertz CT molecular complexity index is 397. The van der Waals surface area contributed by atoms with Crippen molar-refractivity contribution in [2.24, 2.45) is 0 Å². The Morgan fingerprint density at radius 1 is 1.53 bits per heavy atom. The van der Waals surface area contributed by atoms with Gasteiger partial charge in [-0.1, -0.05) is 24.3 Å². The average Bonchev–Trinajstić information content (AvgIpc) is 2.18. The summed E-state index contributed by atoms with van der Waals surface area (Å²) in [5.41, 5.74) is 1.60. The summed E-state index contributed by atoms with van der Waals surface area (Å²) in [5, 5.41) is 0.536. The third-order valence-electron chi connectivity index (χ3n) is 1.76. The molecule has 0 aromatic carbocycles. The molecule has 0 N–H and O–H groups in total. The summed E-state index contributed by atoms with van der Waals surface area (Å²) in [7, 11) is 3.87. The second-order valence-electron chi connectivity index (χ2n) is 3.37. The lowest BCUT2D eigenvalue weighted by Gasteiger charge is -2.09. The number of rotatable bonds is 3. The highest BCUT2D eigenvalue weighted by Crippen LogP contribution is 2.21. The molecular weight excluding hydrogens is 210 g/mol. The fourth-order valence-corrected chi connectivity index (χ4v) is 1.35. The molecule has 0 radical (unpaired) electrons. The van der Waals surface area contributed by atoms with Gasteiger partial charge in [0.15, 0.2) is 0 Å². The lowest BCUT2D eigenvalue weighted by molar-refractivity contribution is 0.566. The molecule has 80 valence electrons. The summed E-state index contributed by atoms with van der Waals surface area (Å²) in [6, 6.07) is 0. The molecular formula is C11H14ClN3. The van der Waals surface area contributed by atoms with Crippen molar-refractivity contribution in [2.45, 2.75) is 6.92 Å². The van der Waals surface area contributed by atoms with Crippen LogP contribution < -0.4 is 0 Å². The van der Waals surface area contributed by atoms with E-state index >= 15 is 0 Å². The smallest absolute Gasteiger partial charge is 0.125 e. The number of allylic oxidation sites excluding steroid dienone is 2. The average molecular weight is 224 g/mol. The molecule has 3 nitrogen and oxygen atoms in total. The first-order valence-electron chi connectivity index (χ1n) is 4.54. The van der Waals surface area contributed by atoms with Crippen LogP contribution in [0, 0.1) is 6.92 Å². The molecule has 0 aliphatic rings. The fraction of sp³-hybridized carbons (Fsp3) is 0.273. The van der Waals surface area contributed by atoms with E-state index in [1.165, 1.54) is 0 Å². The zero-order valence-corrected chi connectivity index (χ0v) is 9.91. The van der Waals surface area contributed by atoms with E-state index in [-0.39, 0.29) is 0 Å². The van der Waals surface area contributed by atoms with Crippen molar-refractivity contribution in [2.75, 3.05) is 14.1 Å². The van der Waals surface area contributed by atoms with Crippen molar-refractivity contribution in [3.63, 3.8) is 0 Å². The minimum absolute atomic E-state index is 0.536. The van der Waals surface area contributed by atoms with Gasteiger partial charge in [0.25, 0.3) is 0 Å². The van der Waals surface area contributed by atoms with E-state index in [1.807, 2.05) is 32.1 Å². The summed E-state index contributed by atoms with van der Waals surface area (Å²) >= 11 is 6.02. The van der Waals surface area contributed by atoms with Crippen LogP contribution in [-0.4, -0.2) is 29.0 Å². The number of aromatic nitrogens is 2. The van der Waals surface area contributed by atoms with Gasteiger partial charge in [0.2, 0.25) is 0 Å². The molecule has 0 fully saturated rings. The van der Waals surface area contributed by atoms with Gasteiger partial charge >= 0.3 is 0 Å². The zero-order chi connectivity index (χ0) is 11.4. The van der Waals surface area contributed by atoms with E-state index in [0.29, 0.717) is 16.5 Å². The van der Waals surface area contributed by atoms with Crippen molar-refractivity contribution in [1.29, 1.82) is 0 Å². The quantitative estimate of drug-likeness (QED) is 0.738. The van der Waals surface area contributed by atoms with Gasteiger partial charge in [-0.15, -0.1) is 0 Å². The van der Waals surface area contributed by atoms with Crippen LogP contribution in [0.5, 0.6) is 0 Å². The highest BCUT2D eigenvalue weighted by atomic mass is 35.5. The van der Waals surface area contributed by atoms with E-state index in [1.54, 1.807) is 12.3 Å². The zero-order valence-electron chi connectivity index (χ0n) is 9.16. The maximum atomic E-state index is 6.02. The molecule has 0 aliphatic heterocycles. The summed E-state index contributed by atoms with van der Waals surface area (Å²) in [6.07, 6.45) is 5.25. The molecule has 0 spiro atoms. The third kappa shape index (κ3) is 3.06. The molecule has 1 aromatic heterocycles. The van der Waals surface area contributed by atoms with E-state index in [4.69, 9.17) is 11.6 Å². The number of halogens is 1. The second kappa shape index (κ2) is 4.94. The van der Waals surface area contributed by atoms with Gasteiger partial charge in [-0.2, -0.15) is 0 Å². The highest BCUT2D eigenvalue weighted by molar-refractivity contribution is 6.32. The molecule has 15 heavy (non-hydrogen) atoms. The van der Waals surface area contributed by atoms with Crippen molar-refractivity contribution in [1.82, 2.24) is 14.9 Å². The van der Waals surface area contributed by atoms with Gasteiger partial charge in [0.05, 0.1) is 10.7 Å². The Hall–Kier alpha value is -1.35. The Balaban J connectivity index is 3.23. The predicted molar refractivity (Wildman–Crippen MR) is 63.6 cm³/mol. The van der Waals surface area contributed by atoms with Crippen molar-refractivity contribution in [3.8, 4) is 0 Å². The van der Waals surface area contributed by atoms with Gasteiger partial charge in [-0.05, 0) is 6.92 Å². The van der Waals surface area contributed by atoms with Crippen LogP contribution in [0.2, 0.25) is 5.02 Å². The molecule has 1 aromatic rings. The summed E-state index contributed by atoms with van der Waals surface area (Å²) < 4.78 is 0. The van der Waals surface area contributed by atoms with Gasteiger partial charge in [0.1, 0.15) is 5.82 Å². The second-order valence-corrected chi connectivity index (χ2v) is 3.77. The molecule has 0 atom stereocenters. The lowest BCUT2D eigenvalue weighted by Crippen LogP contribution is -2.03. The van der Waals surface area contributed by atoms with Crippen molar-refractivity contribution in [3.05, 3.63) is 41.6 Å². The van der Waals surface area contributed by atoms with Crippen molar-refractivity contribution < 1.29 is 0 Å². The van der Waals surface area contributed by atoms with E-state index in [2.05, 4.69) is 16.5 Å². The number of nitrogens with zero attached hydrogens (tertiary/aromatic N) is 3. The first-order valence-corrected chi connectivity index (χ1v) is 4.92. The molecule has 0 unspecified atom stereocenters. The summed E-state index contributed by atoms with van der Waals surface area (Å²) in [5.74, 6) is 0.695. The van der Waals surface area contributed by atoms with E-state index in [0.717, 1.165) is 5.57 Å². The van der Waals surface area contributed by atoms with Crippen LogP contribution >= 0.6 is 11.6 Å². The standard InChI is InChI=1S/C11H14ClN3/c1-5-9(7-15(3)4)11-10(12)6-13-8(2)14-11/h5-7H,1H2,2-4H3/b9-7+. The number of hydrogen-bond acceptors (Lipinski definition) is 3. The normalized spacial score (nSPS) is 11.3. The van der Waals surface area contributed by atoms with E-state index < -0.39 is 0 Å². The third-order valence-corrected chi connectivity index (χ3v) is 2.03. The Labute approximate surface area is 95.1 Å². The Kier molecular flexibility index (Phi) is 3.86. The topological polar surface area (TPSA) is 29.0 Å². The minimum Gasteiger partial charge on any atom is -0.383 e. The summed E-state index contributed by atoms with van der Waals surface area (Å²) in [4.78, 5) is 10.2. The van der Waals surface area contributed by atoms with Gasteiger partial charge in [-0.25, -0.2) is 9.97 Å². The van der Waals surface area contributed by atoms with Crippen LogP contribution in [-0.2, 0) is 0 Å². The van der Waals surface area contributed by atoms with Crippen LogP contribution in [0.1, 0.15) is 11.5 Å². The predicted octanol–water partition coefficient (Wildman–Crippen LogP) is 2.53. The maximum Gasteiger partial charge on any atom is 0.125 e. The molecule has 0 aliphatic carbocycles. The van der Waals surface area contributed by atoms with Crippen LogP contribution in [0.3, 0.4) is 0 Å². The molecule has 0 saturated heterocycles.